The number of aromatic nitrogens is 2. The van der Waals surface area contributed by atoms with Gasteiger partial charge in [0.2, 0.25) is 11.8 Å². The van der Waals surface area contributed by atoms with Crippen molar-refractivity contribution in [2.75, 3.05) is 26.7 Å². The Morgan fingerprint density at radius 1 is 1.57 bits per heavy atom. The van der Waals surface area contributed by atoms with E-state index in [9.17, 15) is 9.59 Å². The molecule has 8 nitrogen and oxygen atoms in total. The molecule has 2 atom stereocenters. The van der Waals surface area contributed by atoms with Crippen LogP contribution in [0, 0.1) is 6.92 Å². The number of aliphatic hydroxyl groups excluding tert-OH is 1. The minimum Gasteiger partial charge on any atom is -0.395 e. The van der Waals surface area contributed by atoms with Crippen LogP contribution in [0.25, 0.3) is 0 Å². The van der Waals surface area contributed by atoms with Crippen molar-refractivity contribution in [3.8, 4) is 0 Å². The van der Waals surface area contributed by atoms with E-state index in [-0.39, 0.29) is 37.0 Å². The third-order valence-electron chi connectivity index (χ3n) is 4.05. The second kappa shape index (κ2) is 6.40. The maximum absolute atomic E-state index is 12.3. The first-order valence-corrected chi connectivity index (χ1v) is 7.09. The molecule has 118 valence electrons. The molecule has 1 aliphatic heterocycles. The van der Waals surface area contributed by atoms with Crippen molar-refractivity contribution >= 4 is 5.91 Å². The molecule has 1 aromatic rings. The van der Waals surface area contributed by atoms with Gasteiger partial charge in [0.1, 0.15) is 6.54 Å². The van der Waals surface area contributed by atoms with Crippen molar-refractivity contribution in [3.05, 3.63) is 16.4 Å². The highest BCUT2D eigenvalue weighted by atomic mass is 16.4. The van der Waals surface area contributed by atoms with Crippen LogP contribution in [0.2, 0.25) is 0 Å². The zero-order chi connectivity index (χ0) is 15.6. The summed E-state index contributed by atoms with van der Waals surface area (Å²) in [5, 5.41) is 12.9. The molecule has 8 heteroatoms. The lowest BCUT2D eigenvalue weighted by atomic mass is 10.1. The van der Waals surface area contributed by atoms with Crippen LogP contribution in [-0.2, 0) is 11.3 Å². The van der Waals surface area contributed by atoms with Gasteiger partial charge in [0.15, 0.2) is 0 Å². The van der Waals surface area contributed by atoms with E-state index in [1.807, 2.05) is 14.0 Å². The fraction of sp³-hybridized carbons (Fsp3) is 0.769. The van der Waals surface area contributed by atoms with Gasteiger partial charge in [-0.3, -0.25) is 9.69 Å². The van der Waals surface area contributed by atoms with Gasteiger partial charge < -0.3 is 14.4 Å². The molecule has 1 N–H and O–H groups in total. The van der Waals surface area contributed by atoms with E-state index in [2.05, 4.69) is 10.00 Å². The maximum Gasteiger partial charge on any atom is 0.437 e. The summed E-state index contributed by atoms with van der Waals surface area (Å²) in [6.45, 7) is 4.78. The predicted molar refractivity (Wildman–Crippen MR) is 74.8 cm³/mol. The average molecular weight is 298 g/mol. The maximum atomic E-state index is 12.3. The van der Waals surface area contributed by atoms with Crippen molar-refractivity contribution in [1.82, 2.24) is 19.6 Å². The molecule has 1 amide bonds. The van der Waals surface area contributed by atoms with Gasteiger partial charge >= 0.3 is 5.76 Å². The van der Waals surface area contributed by atoms with Gasteiger partial charge in [-0.1, -0.05) is 0 Å². The lowest BCUT2D eigenvalue weighted by Gasteiger charge is -2.30. The fourth-order valence-electron chi connectivity index (χ4n) is 2.92. The highest BCUT2D eigenvalue weighted by molar-refractivity contribution is 5.76. The number of rotatable bonds is 5. The molecule has 2 rings (SSSR count). The molecule has 0 bridgehead atoms. The summed E-state index contributed by atoms with van der Waals surface area (Å²) in [7, 11) is 1.94. The van der Waals surface area contributed by atoms with E-state index < -0.39 is 5.76 Å². The van der Waals surface area contributed by atoms with Crippen LogP contribution < -0.4 is 5.76 Å². The molecule has 1 aliphatic rings. The number of carbonyl (C=O) groups excluding carboxylic acids is 1. The van der Waals surface area contributed by atoms with Gasteiger partial charge in [0.25, 0.3) is 0 Å². The number of hydrogen-bond donors (Lipinski definition) is 1. The van der Waals surface area contributed by atoms with E-state index in [0.29, 0.717) is 13.1 Å². The number of hydrogen-bond acceptors (Lipinski definition) is 6. The molecule has 0 unspecified atom stereocenters. The number of amides is 1. The number of carbonyl (C=O) groups is 1. The topological polar surface area (TPSA) is 91.8 Å². The van der Waals surface area contributed by atoms with E-state index >= 15 is 0 Å². The first-order valence-electron chi connectivity index (χ1n) is 7.09. The first-order chi connectivity index (χ1) is 9.93. The van der Waals surface area contributed by atoms with Gasteiger partial charge in [0, 0.05) is 32.1 Å². The van der Waals surface area contributed by atoms with E-state index in [0.717, 1.165) is 11.1 Å². The van der Waals surface area contributed by atoms with Crippen LogP contribution >= 0.6 is 0 Å². The van der Waals surface area contributed by atoms with Crippen molar-refractivity contribution < 1.29 is 14.3 Å². The average Bonchev–Trinajstić information content (AvgIpc) is 2.93. The van der Waals surface area contributed by atoms with Crippen molar-refractivity contribution in [3.63, 3.8) is 0 Å². The normalized spacial score (nSPS) is 22.2. The molecule has 21 heavy (non-hydrogen) atoms. The molecule has 0 radical (unpaired) electrons. The van der Waals surface area contributed by atoms with Crippen molar-refractivity contribution in [1.29, 1.82) is 0 Å². The Kier molecular flexibility index (Phi) is 4.79. The Morgan fingerprint density at radius 3 is 2.86 bits per heavy atom. The first kappa shape index (κ1) is 15.7. The standard InChI is InChI=1S/C13H22N4O4/c1-9-11(15(3)6-7-18)4-5-16(9)12(19)8-17-13(20)21-10(2)14-17/h9,11,18H,4-8H2,1-3H3/t9-,11-/m1/s1. The molecular weight excluding hydrogens is 276 g/mol. The van der Waals surface area contributed by atoms with Crippen LogP contribution in [0.1, 0.15) is 19.2 Å². The predicted octanol–water partition coefficient (Wildman–Crippen LogP) is -0.942. The number of aryl methyl sites for hydroxylation is 1. The van der Waals surface area contributed by atoms with Crippen molar-refractivity contribution in [2.45, 2.75) is 38.9 Å². The Morgan fingerprint density at radius 2 is 2.29 bits per heavy atom. The summed E-state index contributed by atoms with van der Waals surface area (Å²) in [5.41, 5.74) is 0. The number of likely N-dealkylation sites (tertiary alicyclic amines) is 1. The van der Waals surface area contributed by atoms with E-state index in [1.165, 1.54) is 0 Å². The lowest BCUT2D eigenvalue weighted by Crippen LogP contribution is -2.45. The van der Waals surface area contributed by atoms with Crippen LogP contribution in [0.5, 0.6) is 0 Å². The second-order valence-electron chi connectivity index (χ2n) is 5.43. The lowest BCUT2D eigenvalue weighted by molar-refractivity contribution is -0.133. The molecule has 0 spiro atoms. The summed E-state index contributed by atoms with van der Waals surface area (Å²) in [5.74, 6) is -0.498. The summed E-state index contributed by atoms with van der Waals surface area (Å²) in [4.78, 5) is 27.6. The van der Waals surface area contributed by atoms with E-state index in [4.69, 9.17) is 9.52 Å². The van der Waals surface area contributed by atoms with Gasteiger partial charge in [-0.25, -0.2) is 4.79 Å². The summed E-state index contributed by atoms with van der Waals surface area (Å²) in [6, 6.07) is 0.259. The molecule has 0 saturated carbocycles. The fourth-order valence-corrected chi connectivity index (χ4v) is 2.92. The third kappa shape index (κ3) is 3.33. The van der Waals surface area contributed by atoms with Crippen LogP contribution in [0.3, 0.4) is 0 Å². The minimum atomic E-state index is -0.610. The monoisotopic (exact) mass is 298 g/mol. The number of likely N-dealkylation sites (N-methyl/N-ethyl adjacent to an activating group) is 1. The van der Waals surface area contributed by atoms with Gasteiger partial charge in [-0.15, -0.1) is 5.10 Å². The number of nitrogens with zero attached hydrogens (tertiary/aromatic N) is 4. The summed E-state index contributed by atoms with van der Waals surface area (Å²) >= 11 is 0. The quantitative estimate of drug-likeness (QED) is 0.754. The molecule has 1 aromatic heterocycles. The Bertz CT molecular complexity index is 553. The largest absolute Gasteiger partial charge is 0.437 e. The highest BCUT2D eigenvalue weighted by Gasteiger charge is 2.36. The Hall–Kier alpha value is -1.67. The smallest absolute Gasteiger partial charge is 0.395 e. The molecular formula is C13H22N4O4. The Balaban J connectivity index is 2.01. The van der Waals surface area contributed by atoms with Gasteiger partial charge in [-0.2, -0.15) is 4.68 Å². The van der Waals surface area contributed by atoms with Crippen LogP contribution in [0.4, 0.5) is 0 Å². The highest BCUT2D eigenvalue weighted by Crippen LogP contribution is 2.22. The zero-order valence-electron chi connectivity index (χ0n) is 12.7. The molecule has 1 saturated heterocycles. The summed E-state index contributed by atoms with van der Waals surface area (Å²) in [6.07, 6.45) is 0.857. The molecule has 0 aromatic carbocycles. The van der Waals surface area contributed by atoms with Gasteiger partial charge in [-0.05, 0) is 20.4 Å². The molecule has 1 fully saturated rings. The Labute approximate surface area is 122 Å². The SMILES string of the molecule is Cc1nn(CC(=O)N2CC[C@@H](N(C)CCO)[C@H]2C)c(=O)o1. The zero-order valence-corrected chi connectivity index (χ0v) is 12.7. The summed E-state index contributed by atoms with van der Waals surface area (Å²) < 4.78 is 5.84. The second-order valence-corrected chi connectivity index (χ2v) is 5.43. The third-order valence-corrected chi connectivity index (χ3v) is 4.05. The molecule has 2 heterocycles. The minimum absolute atomic E-state index is 0.0396. The van der Waals surface area contributed by atoms with Crippen molar-refractivity contribution in [2.24, 2.45) is 0 Å². The van der Waals surface area contributed by atoms with Gasteiger partial charge in [0.05, 0.1) is 6.61 Å². The molecule has 0 aliphatic carbocycles. The van der Waals surface area contributed by atoms with E-state index in [1.54, 1.807) is 11.8 Å². The number of aliphatic hydroxyl groups is 1. The van der Waals surface area contributed by atoms with Crippen LogP contribution in [0.15, 0.2) is 9.21 Å². The van der Waals surface area contributed by atoms with Crippen LogP contribution in [-0.4, -0.2) is 69.4 Å².